The average molecular weight is 251 g/mol. The van der Waals surface area contributed by atoms with Crippen LogP contribution in [-0.2, 0) is 6.54 Å². The molecular weight excluding hydrogens is 230 g/mol. The van der Waals surface area contributed by atoms with E-state index in [0.29, 0.717) is 6.04 Å². The fraction of sp³-hybridized carbons (Fsp3) is 0.615. The van der Waals surface area contributed by atoms with Gasteiger partial charge in [-0.25, -0.2) is 4.79 Å². The molecule has 1 aliphatic heterocycles. The van der Waals surface area contributed by atoms with Crippen molar-refractivity contribution >= 4 is 6.03 Å². The lowest BCUT2D eigenvalue weighted by Gasteiger charge is -2.33. The van der Waals surface area contributed by atoms with E-state index in [4.69, 9.17) is 4.42 Å². The quantitative estimate of drug-likeness (QED) is 0.886. The zero-order valence-corrected chi connectivity index (χ0v) is 11.1. The number of carbonyl (C=O) groups is 1. The van der Waals surface area contributed by atoms with E-state index in [-0.39, 0.29) is 6.03 Å². The fourth-order valence-electron chi connectivity index (χ4n) is 2.22. The molecular formula is C13H21N3O2. The number of nitrogens with one attached hydrogen (secondary N) is 1. The Morgan fingerprint density at radius 2 is 2.22 bits per heavy atom. The topological polar surface area (TPSA) is 48.7 Å². The molecule has 0 spiro atoms. The average Bonchev–Trinajstić information content (AvgIpc) is 2.89. The normalized spacial score (nSPS) is 16.9. The maximum absolute atomic E-state index is 11.8. The first-order valence-electron chi connectivity index (χ1n) is 6.39. The van der Waals surface area contributed by atoms with Crippen LogP contribution in [0.5, 0.6) is 0 Å². The van der Waals surface area contributed by atoms with Crippen LogP contribution in [0.4, 0.5) is 4.79 Å². The summed E-state index contributed by atoms with van der Waals surface area (Å²) in [7, 11) is 3.59. The molecule has 0 atom stereocenters. The van der Waals surface area contributed by atoms with Crippen LogP contribution in [0, 0.1) is 0 Å². The fourth-order valence-corrected chi connectivity index (χ4v) is 2.22. The molecule has 0 unspecified atom stereocenters. The second kappa shape index (κ2) is 5.91. The van der Waals surface area contributed by atoms with Crippen LogP contribution >= 0.6 is 0 Å². The van der Waals surface area contributed by atoms with Crippen molar-refractivity contribution in [2.75, 3.05) is 27.2 Å². The van der Waals surface area contributed by atoms with Crippen LogP contribution in [0.3, 0.4) is 0 Å². The molecule has 5 nitrogen and oxygen atoms in total. The second-order valence-corrected chi connectivity index (χ2v) is 4.90. The van der Waals surface area contributed by atoms with Gasteiger partial charge in [0.2, 0.25) is 0 Å². The molecule has 1 N–H and O–H groups in total. The van der Waals surface area contributed by atoms with Gasteiger partial charge in [0.15, 0.2) is 0 Å². The lowest BCUT2D eigenvalue weighted by Crippen LogP contribution is -2.47. The summed E-state index contributed by atoms with van der Waals surface area (Å²) in [6.07, 6.45) is 3.69. The highest BCUT2D eigenvalue weighted by molar-refractivity contribution is 5.73. The Morgan fingerprint density at radius 1 is 1.50 bits per heavy atom. The van der Waals surface area contributed by atoms with Gasteiger partial charge >= 0.3 is 6.03 Å². The molecule has 5 heteroatoms. The standard InChI is InChI=1S/C13H21N3O2/c1-15(2)13(17)16-7-5-11(6-8-16)14-10-12-4-3-9-18-12/h3-4,9,11,14H,5-8,10H2,1-2H3. The molecule has 0 aromatic carbocycles. The number of rotatable bonds is 3. The van der Waals surface area contributed by atoms with Crippen molar-refractivity contribution in [1.82, 2.24) is 15.1 Å². The monoisotopic (exact) mass is 251 g/mol. The van der Waals surface area contributed by atoms with Gasteiger partial charge in [-0.1, -0.05) is 0 Å². The van der Waals surface area contributed by atoms with Crippen molar-refractivity contribution in [3.05, 3.63) is 24.2 Å². The zero-order valence-electron chi connectivity index (χ0n) is 11.1. The molecule has 0 saturated carbocycles. The Balaban J connectivity index is 1.72. The van der Waals surface area contributed by atoms with Crippen LogP contribution in [0.1, 0.15) is 18.6 Å². The first-order chi connectivity index (χ1) is 8.66. The minimum atomic E-state index is 0.111. The van der Waals surface area contributed by atoms with Crippen molar-refractivity contribution < 1.29 is 9.21 Å². The maximum Gasteiger partial charge on any atom is 0.319 e. The van der Waals surface area contributed by atoms with Gasteiger partial charge < -0.3 is 19.5 Å². The molecule has 1 aromatic heterocycles. The molecule has 0 radical (unpaired) electrons. The molecule has 1 saturated heterocycles. The largest absolute Gasteiger partial charge is 0.468 e. The number of hydrogen-bond donors (Lipinski definition) is 1. The molecule has 0 aliphatic carbocycles. The number of hydrogen-bond acceptors (Lipinski definition) is 3. The Hall–Kier alpha value is -1.49. The molecule has 100 valence electrons. The summed E-state index contributed by atoms with van der Waals surface area (Å²) in [5.41, 5.74) is 0. The first kappa shape index (κ1) is 13.0. The highest BCUT2D eigenvalue weighted by atomic mass is 16.3. The number of urea groups is 1. The lowest BCUT2D eigenvalue weighted by atomic mass is 10.1. The maximum atomic E-state index is 11.8. The van der Waals surface area contributed by atoms with E-state index in [1.54, 1.807) is 25.3 Å². The van der Waals surface area contributed by atoms with Crippen LogP contribution in [0.2, 0.25) is 0 Å². The van der Waals surface area contributed by atoms with E-state index >= 15 is 0 Å². The predicted octanol–water partition coefficient (Wildman–Crippen LogP) is 1.52. The molecule has 0 bridgehead atoms. The molecule has 1 aromatic rings. The van der Waals surface area contributed by atoms with Gasteiger partial charge in [0.1, 0.15) is 5.76 Å². The molecule has 2 rings (SSSR count). The summed E-state index contributed by atoms with van der Waals surface area (Å²) < 4.78 is 5.28. The van der Waals surface area contributed by atoms with Gasteiger partial charge in [0.05, 0.1) is 12.8 Å². The second-order valence-electron chi connectivity index (χ2n) is 4.90. The third-order valence-corrected chi connectivity index (χ3v) is 3.29. The summed E-state index contributed by atoms with van der Waals surface area (Å²) in [5, 5.41) is 3.47. The SMILES string of the molecule is CN(C)C(=O)N1CCC(NCc2ccco2)CC1. The molecule has 18 heavy (non-hydrogen) atoms. The van der Waals surface area contributed by atoms with E-state index < -0.39 is 0 Å². The van der Waals surface area contributed by atoms with Crippen molar-refractivity contribution in [1.29, 1.82) is 0 Å². The number of amides is 2. The van der Waals surface area contributed by atoms with Crippen LogP contribution in [0.25, 0.3) is 0 Å². The minimum Gasteiger partial charge on any atom is -0.468 e. The van der Waals surface area contributed by atoms with Crippen LogP contribution in [0.15, 0.2) is 22.8 Å². The minimum absolute atomic E-state index is 0.111. The van der Waals surface area contributed by atoms with Crippen molar-refractivity contribution in [2.45, 2.75) is 25.4 Å². The smallest absolute Gasteiger partial charge is 0.319 e. The van der Waals surface area contributed by atoms with Gasteiger partial charge in [-0.3, -0.25) is 0 Å². The Morgan fingerprint density at radius 3 is 2.78 bits per heavy atom. The number of likely N-dealkylation sites (tertiary alicyclic amines) is 1. The number of carbonyl (C=O) groups excluding carboxylic acids is 1. The molecule has 2 heterocycles. The van der Waals surface area contributed by atoms with Gasteiger partial charge in [-0.2, -0.15) is 0 Å². The van der Waals surface area contributed by atoms with E-state index in [1.807, 2.05) is 17.0 Å². The van der Waals surface area contributed by atoms with Crippen LogP contribution < -0.4 is 5.32 Å². The van der Waals surface area contributed by atoms with E-state index in [0.717, 1.165) is 38.2 Å². The lowest BCUT2D eigenvalue weighted by molar-refractivity contribution is 0.152. The van der Waals surface area contributed by atoms with Crippen molar-refractivity contribution in [2.24, 2.45) is 0 Å². The third kappa shape index (κ3) is 3.26. The summed E-state index contributed by atoms with van der Waals surface area (Å²) in [6, 6.07) is 4.45. The van der Waals surface area contributed by atoms with Crippen molar-refractivity contribution in [3.63, 3.8) is 0 Å². The van der Waals surface area contributed by atoms with Gasteiger partial charge in [0.25, 0.3) is 0 Å². The third-order valence-electron chi connectivity index (χ3n) is 3.29. The Bertz CT molecular complexity index is 368. The number of nitrogens with zero attached hydrogens (tertiary/aromatic N) is 2. The number of piperidine rings is 1. The number of furan rings is 1. The Labute approximate surface area is 108 Å². The predicted molar refractivity (Wildman–Crippen MR) is 69.2 cm³/mol. The van der Waals surface area contributed by atoms with E-state index in [1.165, 1.54) is 0 Å². The van der Waals surface area contributed by atoms with E-state index in [2.05, 4.69) is 5.32 Å². The molecule has 1 fully saturated rings. The first-order valence-corrected chi connectivity index (χ1v) is 6.39. The summed E-state index contributed by atoms with van der Waals surface area (Å²) >= 11 is 0. The Kier molecular flexibility index (Phi) is 4.25. The van der Waals surface area contributed by atoms with E-state index in [9.17, 15) is 4.79 Å². The van der Waals surface area contributed by atoms with Gasteiger partial charge in [-0.15, -0.1) is 0 Å². The molecule has 1 aliphatic rings. The van der Waals surface area contributed by atoms with Crippen LogP contribution in [-0.4, -0.2) is 49.1 Å². The summed E-state index contributed by atoms with van der Waals surface area (Å²) in [4.78, 5) is 15.3. The summed E-state index contributed by atoms with van der Waals surface area (Å²) in [6.45, 7) is 2.42. The van der Waals surface area contributed by atoms with Gasteiger partial charge in [-0.05, 0) is 25.0 Å². The highest BCUT2D eigenvalue weighted by Gasteiger charge is 2.23. The zero-order chi connectivity index (χ0) is 13.0. The summed E-state index contributed by atoms with van der Waals surface area (Å²) in [5.74, 6) is 0.960. The van der Waals surface area contributed by atoms with Crippen molar-refractivity contribution in [3.8, 4) is 0 Å². The van der Waals surface area contributed by atoms with Gasteiger partial charge in [0, 0.05) is 33.2 Å². The molecule has 2 amide bonds. The highest BCUT2D eigenvalue weighted by Crippen LogP contribution is 2.12.